The lowest BCUT2D eigenvalue weighted by Crippen LogP contribution is -2.09. The Labute approximate surface area is 78.0 Å². The van der Waals surface area contributed by atoms with Crippen LogP contribution in [0.4, 0.5) is 0 Å². The van der Waals surface area contributed by atoms with Crippen molar-refractivity contribution in [3.8, 4) is 0 Å². The summed E-state index contributed by atoms with van der Waals surface area (Å²) in [5.74, 6) is 0. The molecule has 0 bridgehead atoms. The van der Waals surface area contributed by atoms with Crippen LogP contribution >= 0.6 is 12.4 Å². The minimum Gasteiger partial charge on any atom is -0.472 e. The summed E-state index contributed by atoms with van der Waals surface area (Å²) in [7, 11) is 0. The molecule has 1 rings (SSSR count). The van der Waals surface area contributed by atoms with Crippen molar-refractivity contribution in [1.82, 2.24) is 0 Å². The topological polar surface area (TPSA) is 59.4 Å². The largest absolute Gasteiger partial charge is 0.472 e. The first-order valence-corrected chi connectivity index (χ1v) is 3.73. The zero-order valence-electron chi connectivity index (χ0n) is 6.77. The lowest BCUT2D eigenvalue weighted by atomic mass is 10.1. The van der Waals surface area contributed by atoms with E-state index in [1.807, 2.05) is 6.07 Å². The highest BCUT2D eigenvalue weighted by atomic mass is 35.5. The Morgan fingerprint density at radius 1 is 1.58 bits per heavy atom. The maximum Gasteiger partial charge on any atom is 0.0950 e. The number of hydrogen-bond donors (Lipinski definition) is 2. The SMILES string of the molecule is Cl.N[C@H](CCCO)c1ccoc1. The minimum absolute atomic E-state index is 0. The summed E-state index contributed by atoms with van der Waals surface area (Å²) in [6.45, 7) is 0.200. The first-order chi connectivity index (χ1) is 5.34. The molecular formula is C8H14ClNO2. The molecule has 70 valence electrons. The maximum absolute atomic E-state index is 8.53. The Morgan fingerprint density at radius 2 is 2.33 bits per heavy atom. The molecule has 0 radical (unpaired) electrons. The molecule has 1 atom stereocenters. The highest BCUT2D eigenvalue weighted by Gasteiger charge is 2.05. The number of hydrogen-bond acceptors (Lipinski definition) is 3. The Morgan fingerprint density at radius 3 is 2.83 bits per heavy atom. The van der Waals surface area contributed by atoms with E-state index in [1.165, 1.54) is 0 Å². The second kappa shape index (κ2) is 6.06. The van der Waals surface area contributed by atoms with E-state index in [0.29, 0.717) is 0 Å². The van der Waals surface area contributed by atoms with Gasteiger partial charge in [-0.3, -0.25) is 0 Å². The fourth-order valence-electron chi connectivity index (χ4n) is 0.964. The van der Waals surface area contributed by atoms with Crippen molar-refractivity contribution in [2.45, 2.75) is 18.9 Å². The van der Waals surface area contributed by atoms with Crippen molar-refractivity contribution in [2.75, 3.05) is 6.61 Å². The van der Waals surface area contributed by atoms with Gasteiger partial charge in [0.1, 0.15) is 0 Å². The van der Waals surface area contributed by atoms with E-state index in [9.17, 15) is 0 Å². The number of halogens is 1. The molecule has 3 N–H and O–H groups in total. The molecule has 0 aliphatic rings. The quantitative estimate of drug-likeness (QED) is 0.758. The van der Waals surface area contributed by atoms with Crippen molar-refractivity contribution >= 4 is 12.4 Å². The molecule has 12 heavy (non-hydrogen) atoms. The van der Waals surface area contributed by atoms with E-state index in [0.717, 1.165) is 18.4 Å². The Hall–Kier alpha value is -0.510. The summed E-state index contributed by atoms with van der Waals surface area (Å²) in [4.78, 5) is 0. The van der Waals surface area contributed by atoms with Gasteiger partial charge in [-0.2, -0.15) is 0 Å². The number of rotatable bonds is 4. The molecule has 0 aliphatic heterocycles. The van der Waals surface area contributed by atoms with Crippen LogP contribution in [0, 0.1) is 0 Å². The smallest absolute Gasteiger partial charge is 0.0950 e. The average molecular weight is 192 g/mol. The molecule has 4 heteroatoms. The molecule has 0 saturated heterocycles. The number of furan rings is 1. The van der Waals surface area contributed by atoms with Gasteiger partial charge in [0.2, 0.25) is 0 Å². The van der Waals surface area contributed by atoms with E-state index in [-0.39, 0.29) is 25.1 Å². The lowest BCUT2D eigenvalue weighted by molar-refractivity contribution is 0.280. The van der Waals surface area contributed by atoms with Crippen molar-refractivity contribution in [3.05, 3.63) is 24.2 Å². The van der Waals surface area contributed by atoms with Gasteiger partial charge in [-0.05, 0) is 18.9 Å². The summed E-state index contributed by atoms with van der Waals surface area (Å²) in [6.07, 6.45) is 4.79. The van der Waals surface area contributed by atoms with Gasteiger partial charge in [0.25, 0.3) is 0 Å². The summed E-state index contributed by atoms with van der Waals surface area (Å²) in [5, 5.41) is 8.53. The van der Waals surface area contributed by atoms with Crippen LogP contribution in [0.5, 0.6) is 0 Å². The van der Waals surface area contributed by atoms with Crippen LogP contribution in [0.3, 0.4) is 0 Å². The second-order valence-electron chi connectivity index (χ2n) is 2.53. The molecule has 0 fully saturated rings. The van der Waals surface area contributed by atoms with Crippen LogP contribution in [0.15, 0.2) is 23.0 Å². The predicted molar refractivity (Wildman–Crippen MR) is 49.2 cm³/mol. The molecule has 0 unspecified atom stereocenters. The van der Waals surface area contributed by atoms with Crippen LogP contribution in [-0.4, -0.2) is 11.7 Å². The lowest BCUT2D eigenvalue weighted by Gasteiger charge is -2.06. The van der Waals surface area contributed by atoms with Gasteiger partial charge in [-0.1, -0.05) is 0 Å². The number of aliphatic hydroxyl groups is 1. The fraction of sp³-hybridized carbons (Fsp3) is 0.500. The molecule has 0 saturated carbocycles. The standard InChI is InChI=1S/C8H13NO2.ClH/c9-8(2-1-4-10)7-3-5-11-6-7;/h3,5-6,8,10H,1-2,4,9H2;1H/t8-;/m1./s1. The molecule has 1 aromatic rings. The van der Waals surface area contributed by atoms with Crippen molar-refractivity contribution in [3.63, 3.8) is 0 Å². The molecule has 0 amide bonds. The maximum atomic E-state index is 8.53. The van der Waals surface area contributed by atoms with Gasteiger partial charge in [0.15, 0.2) is 0 Å². The average Bonchev–Trinajstić information content (AvgIpc) is 2.52. The Bertz CT molecular complexity index is 189. The van der Waals surface area contributed by atoms with Crippen LogP contribution in [0.1, 0.15) is 24.4 Å². The van der Waals surface area contributed by atoms with Gasteiger partial charge in [-0.25, -0.2) is 0 Å². The van der Waals surface area contributed by atoms with Gasteiger partial charge >= 0.3 is 0 Å². The van der Waals surface area contributed by atoms with E-state index < -0.39 is 0 Å². The zero-order valence-corrected chi connectivity index (χ0v) is 7.59. The van der Waals surface area contributed by atoms with E-state index in [1.54, 1.807) is 12.5 Å². The van der Waals surface area contributed by atoms with Gasteiger partial charge < -0.3 is 15.3 Å². The summed E-state index contributed by atoms with van der Waals surface area (Å²) in [5.41, 5.74) is 6.75. The minimum atomic E-state index is 0. The first kappa shape index (κ1) is 11.5. The Kier molecular flexibility index (Phi) is 5.80. The third-order valence-corrected chi connectivity index (χ3v) is 1.64. The number of nitrogens with two attached hydrogens (primary N) is 1. The van der Waals surface area contributed by atoms with Gasteiger partial charge in [0.05, 0.1) is 12.5 Å². The van der Waals surface area contributed by atoms with Crippen molar-refractivity contribution in [1.29, 1.82) is 0 Å². The summed E-state index contributed by atoms with van der Waals surface area (Å²) in [6, 6.07) is 1.85. The number of aliphatic hydroxyl groups excluding tert-OH is 1. The molecule has 0 spiro atoms. The molecule has 0 aliphatic carbocycles. The van der Waals surface area contributed by atoms with Crippen LogP contribution in [0.2, 0.25) is 0 Å². The zero-order chi connectivity index (χ0) is 8.10. The van der Waals surface area contributed by atoms with E-state index in [2.05, 4.69) is 0 Å². The highest BCUT2D eigenvalue weighted by Crippen LogP contribution is 2.15. The molecule has 3 nitrogen and oxygen atoms in total. The summed E-state index contributed by atoms with van der Waals surface area (Å²) >= 11 is 0. The molecule has 0 aromatic carbocycles. The van der Waals surface area contributed by atoms with Crippen molar-refractivity contribution < 1.29 is 9.52 Å². The predicted octanol–water partition coefficient (Wildman–Crippen LogP) is 1.47. The Balaban J connectivity index is 0.00000121. The van der Waals surface area contributed by atoms with Gasteiger partial charge in [-0.15, -0.1) is 12.4 Å². The van der Waals surface area contributed by atoms with Crippen LogP contribution in [-0.2, 0) is 0 Å². The second-order valence-corrected chi connectivity index (χ2v) is 2.53. The highest BCUT2D eigenvalue weighted by molar-refractivity contribution is 5.85. The van der Waals surface area contributed by atoms with E-state index in [4.69, 9.17) is 15.3 Å². The van der Waals surface area contributed by atoms with E-state index >= 15 is 0 Å². The monoisotopic (exact) mass is 191 g/mol. The third kappa shape index (κ3) is 3.26. The van der Waals surface area contributed by atoms with Crippen LogP contribution < -0.4 is 5.73 Å². The summed E-state index contributed by atoms with van der Waals surface area (Å²) < 4.78 is 4.87. The van der Waals surface area contributed by atoms with Crippen molar-refractivity contribution in [2.24, 2.45) is 5.73 Å². The third-order valence-electron chi connectivity index (χ3n) is 1.64. The fourth-order valence-corrected chi connectivity index (χ4v) is 0.964. The van der Waals surface area contributed by atoms with Gasteiger partial charge in [0, 0.05) is 18.2 Å². The normalized spacial score (nSPS) is 12.2. The first-order valence-electron chi connectivity index (χ1n) is 3.73. The molecule has 1 aromatic heterocycles. The van der Waals surface area contributed by atoms with Crippen LogP contribution in [0.25, 0.3) is 0 Å². The molecule has 1 heterocycles. The molecular weight excluding hydrogens is 178 g/mol.